The maximum Gasteiger partial charge on any atom is 0.350 e. The van der Waals surface area contributed by atoms with Crippen molar-refractivity contribution in [3.05, 3.63) is 64.1 Å². The molecule has 0 aliphatic carbocycles. The van der Waals surface area contributed by atoms with Gasteiger partial charge in [-0.1, -0.05) is 18.6 Å². The third-order valence-corrected chi connectivity index (χ3v) is 6.58. The fraction of sp³-hybridized carbons (Fsp3) is 0.385. The second kappa shape index (κ2) is 9.27. The maximum absolute atomic E-state index is 12.8. The molecule has 0 radical (unpaired) electrons. The molecule has 3 aromatic rings. The average molecular weight is 447 g/mol. The maximum atomic E-state index is 12.8. The summed E-state index contributed by atoms with van der Waals surface area (Å²) in [4.78, 5) is 19.6. The van der Waals surface area contributed by atoms with Gasteiger partial charge in [0.25, 0.3) is 0 Å². The minimum Gasteiger partial charge on any atom is -0.493 e. The van der Waals surface area contributed by atoms with E-state index in [1.807, 2.05) is 18.2 Å². The SMILES string of the molecule is COc1cc2c(cc1OC)-c1cc(Nc3ccc(CN4CCCCC4)cc3)nc(=O)n1CC2. The van der Waals surface area contributed by atoms with Gasteiger partial charge in [0.1, 0.15) is 5.82 Å². The molecule has 2 aromatic carbocycles. The van der Waals surface area contributed by atoms with Crippen LogP contribution in [-0.4, -0.2) is 41.8 Å². The van der Waals surface area contributed by atoms with E-state index in [0.717, 1.165) is 35.5 Å². The van der Waals surface area contributed by atoms with E-state index in [1.54, 1.807) is 18.8 Å². The molecule has 7 nitrogen and oxygen atoms in total. The molecular formula is C26H30N4O3. The Kier molecular flexibility index (Phi) is 6.05. The normalized spacial score (nSPS) is 15.5. The number of hydrogen-bond acceptors (Lipinski definition) is 6. The van der Waals surface area contributed by atoms with Crippen molar-refractivity contribution in [2.75, 3.05) is 32.6 Å². The lowest BCUT2D eigenvalue weighted by Gasteiger charge is -2.26. The molecule has 33 heavy (non-hydrogen) atoms. The van der Waals surface area contributed by atoms with E-state index in [9.17, 15) is 4.79 Å². The van der Waals surface area contributed by atoms with Crippen molar-refractivity contribution in [3.8, 4) is 22.8 Å². The largest absolute Gasteiger partial charge is 0.493 e. The molecule has 1 N–H and O–H groups in total. The highest BCUT2D eigenvalue weighted by molar-refractivity contribution is 5.73. The monoisotopic (exact) mass is 446 g/mol. The van der Waals surface area contributed by atoms with Crippen molar-refractivity contribution in [2.45, 2.75) is 38.8 Å². The minimum atomic E-state index is -0.253. The molecule has 2 aliphatic rings. The highest BCUT2D eigenvalue weighted by atomic mass is 16.5. The first-order chi connectivity index (χ1) is 16.1. The first-order valence-corrected chi connectivity index (χ1v) is 11.6. The van der Waals surface area contributed by atoms with E-state index in [2.05, 4.69) is 39.5 Å². The highest BCUT2D eigenvalue weighted by Gasteiger charge is 2.21. The Morgan fingerprint density at radius 3 is 2.39 bits per heavy atom. The molecular weight excluding hydrogens is 416 g/mol. The lowest BCUT2D eigenvalue weighted by molar-refractivity contribution is 0.221. The van der Waals surface area contributed by atoms with Crippen LogP contribution in [0.1, 0.15) is 30.4 Å². The van der Waals surface area contributed by atoms with E-state index in [1.165, 1.54) is 37.9 Å². The van der Waals surface area contributed by atoms with Gasteiger partial charge in [-0.2, -0.15) is 4.98 Å². The van der Waals surface area contributed by atoms with Crippen molar-refractivity contribution >= 4 is 11.5 Å². The molecule has 0 bridgehead atoms. The second-order valence-corrected chi connectivity index (χ2v) is 8.73. The van der Waals surface area contributed by atoms with Crippen LogP contribution in [0, 0.1) is 0 Å². The Morgan fingerprint density at radius 1 is 0.939 bits per heavy atom. The van der Waals surface area contributed by atoms with E-state index < -0.39 is 0 Å². The van der Waals surface area contributed by atoms with Crippen molar-refractivity contribution < 1.29 is 9.47 Å². The molecule has 0 saturated carbocycles. The number of nitrogens with zero attached hydrogens (tertiary/aromatic N) is 3. The van der Waals surface area contributed by atoms with Gasteiger partial charge in [0.15, 0.2) is 11.5 Å². The predicted molar refractivity (Wildman–Crippen MR) is 130 cm³/mol. The Balaban J connectivity index is 1.40. The number of aromatic nitrogens is 2. The van der Waals surface area contributed by atoms with Crippen molar-refractivity contribution in [1.82, 2.24) is 14.5 Å². The number of aryl methyl sites for hydroxylation is 1. The van der Waals surface area contributed by atoms with Gasteiger partial charge < -0.3 is 14.8 Å². The molecule has 5 rings (SSSR count). The smallest absolute Gasteiger partial charge is 0.350 e. The summed E-state index contributed by atoms with van der Waals surface area (Å²) < 4.78 is 12.7. The zero-order valence-corrected chi connectivity index (χ0v) is 19.3. The van der Waals surface area contributed by atoms with E-state index >= 15 is 0 Å². The zero-order chi connectivity index (χ0) is 22.8. The Bertz CT molecular complexity index is 1200. The third kappa shape index (κ3) is 4.46. The second-order valence-electron chi connectivity index (χ2n) is 8.73. The van der Waals surface area contributed by atoms with Gasteiger partial charge >= 0.3 is 5.69 Å². The van der Waals surface area contributed by atoms with Crippen molar-refractivity contribution in [1.29, 1.82) is 0 Å². The number of benzene rings is 2. The summed E-state index contributed by atoms with van der Waals surface area (Å²) in [5.41, 5.74) is 4.90. The number of rotatable bonds is 6. The molecule has 1 aromatic heterocycles. The number of likely N-dealkylation sites (tertiary alicyclic amines) is 1. The summed E-state index contributed by atoms with van der Waals surface area (Å²) >= 11 is 0. The van der Waals surface area contributed by atoms with Crippen LogP contribution in [0.15, 0.2) is 47.3 Å². The van der Waals surface area contributed by atoms with Crippen LogP contribution in [0.2, 0.25) is 0 Å². The molecule has 1 saturated heterocycles. The number of anilines is 2. The molecule has 7 heteroatoms. The minimum absolute atomic E-state index is 0.253. The van der Waals surface area contributed by atoms with Gasteiger partial charge in [0, 0.05) is 30.4 Å². The summed E-state index contributed by atoms with van der Waals surface area (Å²) in [6.45, 7) is 3.94. The van der Waals surface area contributed by atoms with Crippen LogP contribution in [0.4, 0.5) is 11.5 Å². The number of nitrogens with one attached hydrogen (secondary N) is 1. The van der Waals surface area contributed by atoms with E-state index in [-0.39, 0.29) is 5.69 Å². The first-order valence-electron chi connectivity index (χ1n) is 11.6. The topological polar surface area (TPSA) is 68.6 Å². The lowest BCUT2D eigenvalue weighted by atomic mass is 9.97. The van der Waals surface area contributed by atoms with Crippen molar-refractivity contribution in [2.24, 2.45) is 0 Å². The number of hydrogen-bond donors (Lipinski definition) is 1. The van der Waals surface area contributed by atoms with Gasteiger partial charge in [-0.3, -0.25) is 9.47 Å². The lowest BCUT2D eigenvalue weighted by Crippen LogP contribution is -2.29. The molecule has 2 aliphatic heterocycles. The average Bonchev–Trinajstić information content (AvgIpc) is 2.85. The summed E-state index contributed by atoms with van der Waals surface area (Å²) in [5.74, 6) is 1.88. The zero-order valence-electron chi connectivity index (χ0n) is 19.3. The molecule has 0 amide bonds. The molecule has 0 spiro atoms. The van der Waals surface area contributed by atoms with Crippen LogP contribution in [0.3, 0.4) is 0 Å². The van der Waals surface area contributed by atoms with E-state index in [4.69, 9.17) is 9.47 Å². The van der Waals surface area contributed by atoms with Gasteiger partial charge in [0.05, 0.1) is 19.9 Å². The van der Waals surface area contributed by atoms with Gasteiger partial charge in [-0.05, 0) is 67.7 Å². The molecule has 0 unspecified atom stereocenters. The number of ether oxygens (including phenoxy) is 2. The van der Waals surface area contributed by atoms with Crippen LogP contribution >= 0.6 is 0 Å². The summed E-state index contributed by atoms with van der Waals surface area (Å²) in [5, 5.41) is 3.31. The predicted octanol–water partition coefficient (Wildman–Crippen LogP) is 4.21. The standard InChI is InChI=1S/C26H30N4O3/c1-32-23-14-19-10-13-30-22(21(19)15-24(23)33-2)16-25(28-26(30)31)27-20-8-6-18(7-9-20)17-29-11-4-3-5-12-29/h6-9,14-16H,3-5,10-13,17H2,1-2H3,(H,27,28,31). The Morgan fingerprint density at radius 2 is 1.67 bits per heavy atom. The van der Waals surface area contributed by atoms with Crippen LogP contribution in [0.5, 0.6) is 11.5 Å². The highest BCUT2D eigenvalue weighted by Crippen LogP contribution is 2.38. The van der Waals surface area contributed by atoms with Gasteiger partial charge in [-0.25, -0.2) is 4.79 Å². The number of fused-ring (bicyclic) bond motifs is 3. The molecule has 172 valence electrons. The quantitative estimate of drug-likeness (QED) is 0.612. The summed E-state index contributed by atoms with van der Waals surface area (Å²) in [6, 6.07) is 14.3. The fourth-order valence-corrected chi connectivity index (χ4v) is 4.83. The Hall–Kier alpha value is -3.32. The summed E-state index contributed by atoms with van der Waals surface area (Å²) in [7, 11) is 3.25. The van der Waals surface area contributed by atoms with Crippen LogP contribution in [-0.2, 0) is 19.5 Å². The fourth-order valence-electron chi connectivity index (χ4n) is 4.83. The Labute approximate surface area is 194 Å². The van der Waals surface area contributed by atoms with Crippen molar-refractivity contribution in [3.63, 3.8) is 0 Å². The van der Waals surface area contributed by atoms with Crippen LogP contribution < -0.4 is 20.5 Å². The number of piperidine rings is 1. The van der Waals surface area contributed by atoms with Gasteiger partial charge in [0.2, 0.25) is 0 Å². The van der Waals surface area contributed by atoms with Gasteiger partial charge in [-0.15, -0.1) is 0 Å². The number of methoxy groups -OCH3 is 2. The molecule has 1 fully saturated rings. The third-order valence-electron chi connectivity index (χ3n) is 6.58. The van der Waals surface area contributed by atoms with Crippen LogP contribution in [0.25, 0.3) is 11.3 Å². The molecule has 0 atom stereocenters. The van der Waals surface area contributed by atoms with E-state index in [0.29, 0.717) is 23.9 Å². The summed E-state index contributed by atoms with van der Waals surface area (Å²) in [6.07, 6.45) is 4.68. The first kappa shape index (κ1) is 21.5. The molecule has 3 heterocycles.